The summed E-state index contributed by atoms with van der Waals surface area (Å²) >= 11 is 0. The van der Waals surface area contributed by atoms with E-state index >= 15 is 0 Å². The van der Waals surface area contributed by atoms with Gasteiger partial charge in [0.15, 0.2) is 0 Å². The van der Waals surface area contributed by atoms with E-state index < -0.39 is 11.6 Å². The van der Waals surface area contributed by atoms with Crippen molar-refractivity contribution in [2.24, 2.45) is 5.41 Å². The molecule has 0 saturated heterocycles. The molecule has 0 spiro atoms. The molecule has 1 rings (SSSR count). The van der Waals surface area contributed by atoms with Crippen molar-refractivity contribution in [3.05, 3.63) is 35.4 Å². The Morgan fingerprint density at radius 2 is 1.62 bits per heavy atom. The van der Waals surface area contributed by atoms with Crippen molar-refractivity contribution in [3.8, 4) is 0 Å². The smallest absolute Gasteiger partial charge is 0.126 e. The highest BCUT2D eigenvalue weighted by molar-refractivity contribution is 5.19. The Morgan fingerprint density at radius 1 is 1.12 bits per heavy atom. The third-order valence-corrected chi connectivity index (χ3v) is 2.76. The Morgan fingerprint density at radius 3 is 2.00 bits per heavy atom. The number of benzene rings is 1. The molecule has 1 unspecified atom stereocenters. The SMILES string of the molecule is CNC(Cc1cc(F)cc(F)c1)C(C)(C)C. The average molecular weight is 227 g/mol. The zero-order valence-corrected chi connectivity index (χ0v) is 10.3. The molecule has 0 bridgehead atoms. The Balaban J connectivity index is 2.86. The van der Waals surface area contributed by atoms with Crippen molar-refractivity contribution in [3.63, 3.8) is 0 Å². The maximum absolute atomic E-state index is 13.0. The van der Waals surface area contributed by atoms with Gasteiger partial charge in [-0.15, -0.1) is 0 Å². The normalized spacial score (nSPS) is 13.9. The standard InChI is InChI=1S/C13H19F2N/c1-13(2,3)12(16-4)7-9-5-10(14)8-11(15)6-9/h5-6,8,12,16H,7H2,1-4H3. The lowest BCUT2D eigenvalue weighted by atomic mass is 9.83. The molecule has 16 heavy (non-hydrogen) atoms. The summed E-state index contributed by atoms with van der Waals surface area (Å²) in [7, 11) is 1.87. The van der Waals surface area contributed by atoms with Crippen LogP contribution in [0, 0.1) is 17.0 Å². The van der Waals surface area contributed by atoms with Gasteiger partial charge in [0.05, 0.1) is 0 Å². The van der Waals surface area contributed by atoms with Gasteiger partial charge in [-0.05, 0) is 36.6 Å². The van der Waals surface area contributed by atoms with Gasteiger partial charge in [0, 0.05) is 12.1 Å². The van der Waals surface area contributed by atoms with Gasteiger partial charge in [-0.2, -0.15) is 0 Å². The van der Waals surface area contributed by atoms with Crippen LogP contribution in [0.5, 0.6) is 0 Å². The van der Waals surface area contributed by atoms with Gasteiger partial charge in [0.1, 0.15) is 11.6 Å². The van der Waals surface area contributed by atoms with Gasteiger partial charge in [0.2, 0.25) is 0 Å². The highest BCUT2D eigenvalue weighted by Crippen LogP contribution is 2.23. The van der Waals surface area contributed by atoms with E-state index in [2.05, 4.69) is 26.1 Å². The minimum absolute atomic E-state index is 0.0531. The van der Waals surface area contributed by atoms with Crippen LogP contribution in [-0.4, -0.2) is 13.1 Å². The second-order valence-corrected chi connectivity index (χ2v) is 5.19. The van der Waals surface area contributed by atoms with Crippen LogP contribution in [0.1, 0.15) is 26.3 Å². The number of hydrogen-bond donors (Lipinski definition) is 1. The summed E-state index contributed by atoms with van der Waals surface area (Å²) in [6, 6.07) is 3.86. The maximum Gasteiger partial charge on any atom is 0.126 e. The summed E-state index contributed by atoms with van der Waals surface area (Å²) in [5, 5.41) is 3.18. The topological polar surface area (TPSA) is 12.0 Å². The first-order valence-electron chi connectivity index (χ1n) is 5.45. The van der Waals surface area contributed by atoms with Gasteiger partial charge in [-0.3, -0.25) is 0 Å². The fourth-order valence-corrected chi connectivity index (χ4v) is 1.81. The number of halogens is 2. The molecule has 0 heterocycles. The van der Waals surface area contributed by atoms with E-state index in [1.54, 1.807) is 0 Å². The Bertz CT molecular complexity index is 335. The molecule has 0 aliphatic carbocycles. The molecule has 0 aliphatic heterocycles. The molecule has 0 aliphatic rings. The summed E-state index contributed by atoms with van der Waals surface area (Å²) in [6.07, 6.45) is 0.620. The first kappa shape index (κ1) is 13.1. The van der Waals surface area contributed by atoms with E-state index in [9.17, 15) is 8.78 Å². The molecule has 0 amide bonds. The zero-order chi connectivity index (χ0) is 12.3. The van der Waals surface area contributed by atoms with Crippen LogP contribution in [0.2, 0.25) is 0 Å². The predicted molar refractivity (Wildman–Crippen MR) is 62.4 cm³/mol. The second kappa shape index (κ2) is 4.91. The molecule has 1 atom stereocenters. The molecule has 0 saturated carbocycles. The van der Waals surface area contributed by atoms with Crippen LogP contribution in [0.4, 0.5) is 8.78 Å². The Labute approximate surface area is 95.9 Å². The zero-order valence-electron chi connectivity index (χ0n) is 10.3. The van der Waals surface area contributed by atoms with Gasteiger partial charge >= 0.3 is 0 Å². The van der Waals surface area contributed by atoms with Crippen molar-refractivity contribution in [2.45, 2.75) is 33.2 Å². The van der Waals surface area contributed by atoms with Crippen molar-refractivity contribution < 1.29 is 8.78 Å². The van der Waals surface area contributed by atoms with Crippen molar-refractivity contribution in [1.29, 1.82) is 0 Å². The van der Waals surface area contributed by atoms with Crippen LogP contribution >= 0.6 is 0 Å². The lowest BCUT2D eigenvalue weighted by Gasteiger charge is -2.30. The highest BCUT2D eigenvalue weighted by Gasteiger charge is 2.23. The summed E-state index contributed by atoms with van der Waals surface area (Å²) in [6.45, 7) is 6.30. The van der Waals surface area contributed by atoms with Crippen molar-refractivity contribution in [1.82, 2.24) is 5.32 Å². The van der Waals surface area contributed by atoms with Crippen LogP contribution < -0.4 is 5.32 Å². The van der Waals surface area contributed by atoms with E-state index in [1.165, 1.54) is 12.1 Å². The lowest BCUT2D eigenvalue weighted by Crippen LogP contribution is -2.39. The third-order valence-electron chi connectivity index (χ3n) is 2.76. The predicted octanol–water partition coefficient (Wildman–Crippen LogP) is 3.14. The molecule has 1 nitrogen and oxygen atoms in total. The van der Waals surface area contributed by atoms with Crippen LogP contribution in [0.25, 0.3) is 0 Å². The quantitative estimate of drug-likeness (QED) is 0.836. The third kappa shape index (κ3) is 3.56. The monoisotopic (exact) mass is 227 g/mol. The van der Waals surface area contributed by atoms with Crippen molar-refractivity contribution in [2.75, 3.05) is 7.05 Å². The largest absolute Gasteiger partial charge is 0.316 e. The van der Waals surface area contributed by atoms with E-state index in [4.69, 9.17) is 0 Å². The fraction of sp³-hybridized carbons (Fsp3) is 0.538. The molecule has 3 heteroatoms. The number of hydrogen-bond acceptors (Lipinski definition) is 1. The second-order valence-electron chi connectivity index (χ2n) is 5.19. The minimum Gasteiger partial charge on any atom is -0.316 e. The minimum atomic E-state index is -0.515. The van der Waals surface area contributed by atoms with Gasteiger partial charge in [-0.25, -0.2) is 8.78 Å². The molecule has 1 aromatic rings. The first-order chi connectivity index (χ1) is 7.32. The number of nitrogens with one attached hydrogen (secondary N) is 1. The van der Waals surface area contributed by atoms with Crippen LogP contribution in [0.3, 0.4) is 0 Å². The molecular weight excluding hydrogens is 208 g/mol. The van der Waals surface area contributed by atoms with Gasteiger partial charge < -0.3 is 5.32 Å². The lowest BCUT2D eigenvalue weighted by molar-refractivity contribution is 0.279. The summed E-state index contributed by atoms with van der Waals surface area (Å²) in [5.74, 6) is -1.03. The molecule has 1 aromatic carbocycles. The average Bonchev–Trinajstić information content (AvgIpc) is 2.10. The van der Waals surface area contributed by atoms with Gasteiger partial charge in [0.25, 0.3) is 0 Å². The van der Waals surface area contributed by atoms with E-state index in [-0.39, 0.29) is 11.5 Å². The summed E-state index contributed by atoms with van der Waals surface area (Å²) in [5.41, 5.74) is 0.740. The van der Waals surface area contributed by atoms with E-state index in [1.807, 2.05) is 7.05 Å². The molecule has 0 fully saturated rings. The fourth-order valence-electron chi connectivity index (χ4n) is 1.81. The van der Waals surface area contributed by atoms with Crippen LogP contribution in [0.15, 0.2) is 18.2 Å². The number of rotatable bonds is 3. The Kier molecular flexibility index (Phi) is 4.03. The van der Waals surface area contributed by atoms with Gasteiger partial charge in [-0.1, -0.05) is 20.8 Å². The summed E-state index contributed by atoms with van der Waals surface area (Å²) < 4.78 is 26.0. The number of likely N-dealkylation sites (N-methyl/N-ethyl adjacent to an activating group) is 1. The summed E-state index contributed by atoms with van der Waals surface area (Å²) in [4.78, 5) is 0. The van der Waals surface area contributed by atoms with Crippen molar-refractivity contribution >= 4 is 0 Å². The van der Waals surface area contributed by atoms with Crippen LogP contribution in [-0.2, 0) is 6.42 Å². The Hall–Kier alpha value is -0.960. The first-order valence-corrected chi connectivity index (χ1v) is 5.45. The molecule has 90 valence electrons. The van der Waals surface area contributed by atoms with E-state index in [0.717, 1.165) is 6.07 Å². The van der Waals surface area contributed by atoms with E-state index in [0.29, 0.717) is 12.0 Å². The molecule has 0 radical (unpaired) electrons. The maximum atomic E-state index is 13.0. The molecule has 0 aromatic heterocycles. The molecular formula is C13H19F2N. The highest BCUT2D eigenvalue weighted by atomic mass is 19.1. The molecule has 1 N–H and O–H groups in total.